The first kappa shape index (κ1) is 15.0. The highest BCUT2D eigenvalue weighted by Crippen LogP contribution is 2.29. The van der Waals surface area contributed by atoms with Crippen LogP contribution in [-0.2, 0) is 19.3 Å². The Morgan fingerprint density at radius 1 is 0.955 bits per heavy atom. The molecular weight excluding hydrogens is 268 g/mol. The number of rotatable bonds is 6. The molecule has 0 saturated carbocycles. The molecule has 0 bridgehead atoms. The van der Waals surface area contributed by atoms with Gasteiger partial charge in [0, 0.05) is 11.5 Å². The molecule has 0 amide bonds. The summed E-state index contributed by atoms with van der Waals surface area (Å²) in [6.45, 7) is 2.19. The van der Waals surface area contributed by atoms with Gasteiger partial charge in [-0.05, 0) is 48.8 Å². The zero-order chi connectivity index (χ0) is 15.4. The largest absolute Gasteiger partial charge is 0.294 e. The number of hydrogen-bond acceptors (Lipinski definition) is 1. The van der Waals surface area contributed by atoms with Gasteiger partial charge in [0.05, 0.1) is 0 Å². The molecule has 22 heavy (non-hydrogen) atoms. The van der Waals surface area contributed by atoms with Gasteiger partial charge < -0.3 is 0 Å². The zero-order valence-electron chi connectivity index (χ0n) is 13.3. The zero-order valence-corrected chi connectivity index (χ0v) is 13.3. The number of benzene rings is 2. The van der Waals surface area contributed by atoms with Gasteiger partial charge in [0.25, 0.3) is 0 Å². The minimum atomic E-state index is 0.222. The molecular formula is C21H24O. The first-order valence-electron chi connectivity index (χ1n) is 8.48. The molecule has 0 spiro atoms. The van der Waals surface area contributed by atoms with Crippen LogP contribution in [0.15, 0.2) is 48.5 Å². The Bertz CT molecular complexity index is 639. The van der Waals surface area contributed by atoms with Crippen molar-refractivity contribution in [2.24, 2.45) is 5.92 Å². The summed E-state index contributed by atoms with van der Waals surface area (Å²) in [4.78, 5) is 12.3. The predicted octanol–water partition coefficient (Wildman–Crippen LogP) is 5.02. The lowest BCUT2D eigenvalue weighted by Crippen LogP contribution is -2.08. The van der Waals surface area contributed by atoms with E-state index in [2.05, 4.69) is 37.3 Å². The fourth-order valence-electron chi connectivity index (χ4n) is 3.41. The second-order valence-corrected chi connectivity index (χ2v) is 6.34. The van der Waals surface area contributed by atoms with Gasteiger partial charge in [-0.15, -0.1) is 0 Å². The number of carbonyl (C=O) groups excluding carboxylic acids is 1. The summed E-state index contributed by atoms with van der Waals surface area (Å²) in [7, 11) is 0. The SMILES string of the molecule is CCc1ccc(CCCCC2Cc3ccccc3C2=O)cc1. The Morgan fingerprint density at radius 3 is 2.41 bits per heavy atom. The highest BCUT2D eigenvalue weighted by Gasteiger charge is 2.29. The quantitative estimate of drug-likeness (QED) is 0.683. The van der Waals surface area contributed by atoms with Crippen LogP contribution in [0.5, 0.6) is 0 Å². The van der Waals surface area contributed by atoms with Crippen LogP contribution in [-0.4, -0.2) is 5.78 Å². The topological polar surface area (TPSA) is 17.1 Å². The molecule has 1 heteroatoms. The number of ketones is 1. The highest BCUT2D eigenvalue weighted by atomic mass is 16.1. The van der Waals surface area contributed by atoms with Crippen LogP contribution in [0.3, 0.4) is 0 Å². The van der Waals surface area contributed by atoms with Gasteiger partial charge in [0.2, 0.25) is 0 Å². The van der Waals surface area contributed by atoms with E-state index in [9.17, 15) is 4.79 Å². The van der Waals surface area contributed by atoms with Crippen molar-refractivity contribution in [3.05, 3.63) is 70.8 Å². The van der Waals surface area contributed by atoms with Gasteiger partial charge in [-0.25, -0.2) is 0 Å². The summed E-state index contributed by atoms with van der Waals surface area (Å²) in [5, 5.41) is 0. The standard InChI is InChI=1S/C21H24O/c1-2-16-11-13-17(14-12-16)7-3-4-9-19-15-18-8-5-6-10-20(18)21(19)22/h5-6,8,10-14,19H,2-4,7,9,15H2,1H3. The third kappa shape index (κ3) is 3.30. The number of unbranched alkanes of at least 4 members (excludes halogenated alkanes) is 1. The molecule has 0 N–H and O–H groups in total. The van der Waals surface area contributed by atoms with Crippen molar-refractivity contribution in [2.75, 3.05) is 0 Å². The smallest absolute Gasteiger partial charge is 0.166 e. The van der Waals surface area contributed by atoms with Crippen molar-refractivity contribution in [1.29, 1.82) is 0 Å². The molecule has 1 nitrogen and oxygen atoms in total. The van der Waals surface area contributed by atoms with Gasteiger partial charge >= 0.3 is 0 Å². The highest BCUT2D eigenvalue weighted by molar-refractivity contribution is 6.02. The second-order valence-electron chi connectivity index (χ2n) is 6.34. The Morgan fingerprint density at radius 2 is 1.68 bits per heavy atom. The third-order valence-electron chi connectivity index (χ3n) is 4.82. The third-order valence-corrected chi connectivity index (χ3v) is 4.82. The van der Waals surface area contributed by atoms with Gasteiger partial charge in [-0.2, -0.15) is 0 Å². The molecule has 0 fully saturated rings. The average molecular weight is 292 g/mol. The van der Waals surface area contributed by atoms with Crippen LogP contribution >= 0.6 is 0 Å². The first-order valence-corrected chi connectivity index (χ1v) is 8.48. The van der Waals surface area contributed by atoms with Crippen molar-refractivity contribution >= 4 is 5.78 Å². The fraction of sp³-hybridized carbons (Fsp3) is 0.381. The van der Waals surface area contributed by atoms with E-state index in [0.717, 1.165) is 37.7 Å². The maximum absolute atomic E-state index is 12.3. The van der Waals surface area contributed by atoms with Crippen LogP contribution in [0, 0.1) is 5.92 Å². The minimum Gasteiger partial charge on any atom is -0.294 e. The Hall–Kier alpha value is -1.89. The molecule has 0 saturated heterocycles. The van der Waals surface area contributed by atoms with Crippen LogP contribution in [0.25, 0.3) is 0 Å². The Balaban J connectivity index is 1.45. The molecule has 1 unspecified atom stereocenters. The van der Waals surface area contributed by atoms with Gasteiger partial charge in [-0.3, -0.25) is 4.79 Å². The molecule has 2 aromatic carbocycles. The van der Waals surface area contributed by atoms with Crippen LogP contribution < -0.4 is 0 Å². The monoisotopic (exact) mass is 292 g/mol. The number of carbonyl (C=O) groups is 1. The number of fused-ring (bicyclic) bond motifs is 1. The molecule has 3 rings (SSSR count). The maximum Gasteiger partial charge on any atom is 0.166 e. The fourth-order valence-corrected chi connectivity index (χ4v) is 3.41. The van der Waals surface area contributed by atoms with Crippen molar-refractivity contribution in [2.45, 2.75) is 45.4 Å². The lowest BCUT2D eigenvalue weighted by atomic mass is 9.96. The number of Topliss-reactive ketones (excluding diaryl/α,β-unsaturated/α-hetero) is 1. The van der Waals surface area contributed by atoms with Gasteiger partial charge in [0.1, 0.15) is 0 Å². The summed E-state index contributed by atoms with van der Waals surface area (Å²) in [5.41, 5.74) is 5.02. The van der Waals surface area contributed by atoms with Gasteiger partial charge in [-0.1, -0.05) is 61.9 Å². The van der Waals surface area contributed by atoms with E-state index in [1.54, 1.807) is 0 Å². The molecule has 0 radical (unpaired) electrons. The van der Waals surface area contributed by atoms with Crippen LogP contribution in [0.1, 0.15) is 53.2 Å². The molecule has 2 aromatic rings. The lowest BCUT2D eigenvalue weighted by molar-refractivity contribution is 0.0929. The molecule has 1 atom stereocenters. The summed E-state index contributed by atoms with van der Waals surface area (Å²) < 4.78 is 0. The first-order chi connectivity index (χ1) is 10.8. The normalized spacial score (nSPS) is 16.8. The predicted molar refractivity (Wildman–Crippen MR) is 91.3 cm³/mol. The Kier molecular flexibility index (Phi) is 4.72. The second kappa shape index (κ2) is 6.91. The average Bonchev–Trinajstić information content (AvgIpc) is 2.89. The molecule has 114 valence electrons. The van der Waals surface area contributed by atoms with Crippen LogP contribution in [0.4, 0.5) is 0 Å². The van der Waals surface area contributed by atoms with E-state index in [-0.39, 0.29) is 5.92 Å². The number of hydrogen-bond donors (Lipinski definition) is 0. The van der Waals surface area contributed by atoms with Crippen molar-refractivity contribution < 1.29 is 4.79 Å². The van der Waals surface area contributed by atoms with E-state index in [1.165, 1.54) is 23.1 Å². The van der Waals surface area contributed by atoms with E-state index in [1.807, 2.05) is 18.2 Å². The lowest BCUT2D eigenvalue weighted by Gasteiger charge is -2.08. The minimum absolute atomic E-state index is 0.222. The van der Waals surface area contributed by atoms with Gasteiger partial charge in [0.15, 0.2) is 5.78 Å². The van der Waals surface area contributed by atoms with Crippen molar-refractivity contribution in [3.63, 3.8) is 0 Å². The molecule has 0 aliphatic heterocycles. The van der Waals surface area contributed by atoms with Crippen molar-refractivity contribution in [1.82, 2.24) is 0 Å². The van der Waals surface area contributed by atoms with Crippen LogP contribution in [0.2, 0.25) is 0 Å². The summed E-state index contributed by atoms with van der Waals surface area (Å²) in [5.74, 6) is 0.586. The van der Waals surface area contributed by atoms with Crippen molar-refractivity contribution in [3.8, 4) is 0 Å². The van der Waals surface area contributed by atoms with E-state index < -0.39 is 0 Å². The molecule has 0 heterocycles. The van der Waals surface area contributed by atoms with E-state index in [0.29, 0.717) is 5.78 Å². The van der Waals surface area contributed by atoms with E-state index in [4.69, 9.17) is 0 Å². The molecule has 0 aromatic heterocycles. The summed E-state index contributed by atoms with van der Waals surface area (Å²) in [6.07, 6.45) is 6.51. The summed E-state index contributed by atoms with van der Waals surface area (Å²) in [6, 6.07) is 17.0. The maximum atomic E-state index is 12.3. The van der Waals surface area contributed by atoms with E-state index >= 15 is 0 Å². The summed E-state index contributed by atoms with van der Waals surface area (Å²) >= 11 is 0. The molecule has 1 aliphatic rings. The number of aryl methyl sites for hydroxylation is 2. The molecule has 1 aliphatic carbocycles. The Labute approximate surface area is 133 Å².